The van der Waals surface area contributed by atoms with Crippen molar-refractivity contribution >= 4 is 5.91 Å². The van der Waals surface area contributed by atoms with Crippen LogP contribution in [0.15, 0.2) is 24.3 Å². The second-order valence-electron chi connectivity index (χ2n) is 5.94. The molecule has 1 fully saturated rings. The first-order valence-electron chi connectivity index (χ1n) is 7.97. The van der Waals surface area contributed by atoms with Gasteiger partial charge in [-0.25, -0.2) is 0 Å². The second kappa shape index (κ2) is 7.05. The van der Waals surface area contributed by atoms with E-state index < -0.39 is 0 Å². The molecular weight excluding hydrogens is 264 g/mol. The number of ether oxygens (including phenoxy) is 1. The van der Waals surface area contributed by atoms with Crippen LogP contribution in [0.2, 0.25) is 0 Å². The Morgan fingerprint density at radius 3 is 2.95 bits per heavy atom. The molecule has 1 amide bonds. The van der Waals surface area contributed by atoms with Crippen LogP contribution < -0.4 is 5.32 Å². The van der Waals surface area contributed by atoms with Crippen molar-refractivity contribution in [2.24, 2.45) is 0 Å². The lowest BCUT2D eigenvalue weighted by Gasteiger charge is -2.26. The molecule has 3 rings (SSSR count). The molecule has 1 unspecified atom stereocenters. The van der Waals surface area contributed by atoms with Crippen LogP contribution in [-0.2, 0) is 16.0 Å². The van der Waals surface area contributed by atoms with E-state index in [1.165, 1.54) is 11.1 Å². The van der Waals surface area contributed by atoms with Gasteiger partial charge in [0.25, 0.3) is 0 Å². The molecule has 114 valence electrons. The largest absolute Gasteiger partial charge is 0.379 e. The number of benzene rings is 1. The molecule has 1 aliphatic carbocycles. The fraction of sp³-hybridized carbons (Fsp3) is 0.588. The van der Waals surface area contributed by atoms with E-state index in [4.69, 9.17) is 4.74 Å². The van der Waals surface area contributed by atoms with Crippen LogP contribution in [0.25, 0.3) is 0 Å². The van der Waals surface area contributed by atoms with Crippen LogP contribution in [0.4, 0.5) is 0 Å². The van der Waals surface area contributed by atoms with Gasteiger partial charge in [-0.15, -0.1) is 0 Å². The molecule has 0 spiro atoms. The summed E-state index contributed by atoms with van der Waals surface area (Å²) in [4.78, 5) is 14.4. The molecule has 0 bridgehead atoms. The van der Waals surface area contributed by atoms with Crippen molar-refractivity contribution < 1.29 is 9.53 Å². The fourth-order valence-electron chi connectivity index (χ4n) is 3.33. The summed E-state index contributed by atoms with van der Waals surface area (Å²) in [6, 6.07) is 8.52. The number of fused-ring (bicyclic) bond motifs is 1. The maximum Gasteiger partial charge on any atom is 0.220 e. The lowest BCUT2D eigenvalue weighted by atomic mass is 9.97. The molecule has 2 aliphatic rings. The first-order chi connectivity index (χ1) is 10.3. The zero-order chi connectivity index (χ0) is 14.5. The van der Waals surface area contributed by atoms with Gasteiger partial charge in [0.2, 0.25) is 5.91 Å². The summed E-state index contributed by atoms with van der Waals surface area (Å²) in [6.07, 6.45) is 2.85. The van der Waals surface area contributed by atoms with Crippen molar-refractivity contribution in [1.82, 2.24) is 10.2 Å². The standard InChI is InChI=1S/C17H24N2O2/c20-17(18-7-8-19-9-11-21-12-10-19)13-15-6-5-14-3-1-2-4-16(14)15/h1-4,15H,5-13H2,(H,18,20). The molecule has 1 heterocycles. The molecule has 4 heteroatoms. The van der Waals surface area contributed by atoms with Gasteiger partial charge in [-0.3, -0.25) is 9.69 Å². The topological polar surface area (TPSA) is 41.6 Å². The Kier molecular flexibility index (Phi) is 4.88. The highest BCUT2D eigenvalue weighted by Gasteiger charge is 2.24. The number of morpholine rings is 1. The maximum absolute atomic E-state index is 12.1. The zero-order valence-corrected chi connectivity index (χ0v) is 12.5. The lowest BCUT2D eigenvalue weighted by molar-refractivity contribution is -0.121. The Morgan fingerprint density at radius 1 is 1.29 bits per heavy atom. The molecule has 1 aromatic carbocycles. The third-order valence-corrected chi connectivity index (χ3v) is 4.54. The third kappa shape index (κ3) is 3.83. The first-order valence-corrected chi connectivity index (χ1v) is 7.97. The number of nitrogens with one attached hydrogen (secondary N) is 1. The van der Waals surface area contributed by atoms with Gasteiger partial charge in [-0.05, 0) is 29.9 Å². The van der Waals surface area contributed by atoms with Gasteiger partial charge >= 0.3 is 0 Å². The van der Waals surface area contributed by atoms with Crippen LogP contribution in [0.5, 0.6) is 0 Å². The van der Waals surface area contributed by atoms with E-state index in [9.17, 15) is 4.79 Å². The number of rotatable bonds is 5. The summed E-state index contributed by atoms with van der Waals surface area (Å²) in [5.41, 5.74) is 2.80. The number of carbonyl (C=O) groups is 1. The molecule has 0 radical (unpaired) electrons. The predicted octanol–water partition coefficient (Wildman–Crippen LogP) is 1.55. The van der Waals surface area contributed by atoms with Gasteiger partial charge < -0.3 is 10.1 Å². The quantitative estimate of drug-likeness (QED) is 0.894. The summed E-state index contributed by atoms with van der Waals surface area (Å²) < 4.78 is 5.32. The Hall–Kier alpha value is -1.39. The van der Waals surface area contributed by atoms with Gasteiger partial charge in [0.05, 0.1) is 13.2 Å². The summed E-state index contributed by atoms with van der Waals surface area (Å²) in [5, 5.41) is 3.07. The van der Waals surface area contributed by atoms with Crippen molar-refractivity contribution in [3.63, 3.8) is 0 Å². The molecular formula is C17H24N2O2. The van der Waals surface area contributed by atoms with Crippen LogP contribution in [-0.4, -0.2) is 50.2 Å². The third-order valence-electron chi connectivity index (χ3n) is 4.54. The number of nitrogens with zero attached hydrogens (tertiary/aromatic N) is 1. The van der Waals surface area contributed by atoms with Crippen molar-refractivity contribution in [1.29, 1.82) is 0 Å². The van der Waals surface area contributed by atoms with Crippen molar-refractivity contribution in [2.45, 2.75) is 25.2 Å². The van der Waals surface area contributed by atoms with E-state index in [1.54, 1.807) is 0 Å². The Morgan fingerprint density at radius 2 is 2.10 bits per heavy atom. The van der Waals surface area contributed by atoms with Gasteiger partial charge in [-0.2, -0.15) is 0 Å². The molecule has 4 nitrogen and oxygen atoms in total. The fourth-order valence-corrected chi connectivity index (χ4v) is 3.33. The SMILES string of the molecule is O=C(CC1CCc2ccccc21)NCCN1CCOCC1. The van der Waals surface area contributed by atoms with Crippen molar-refractivity contribution in [3.05, 3.63) is 35.4 Å². The van der Waals surface area contributed by atoms with E-state index in [2.05, 4.69) is 34.5 Å². The number of hydrogen-bond donors (Lipinski definition) is 1. The van der Waals surface area contributed by atoms with E-state index in [1.807, 2.05) is 0 Å². The van der Waals surface area contributed by atoms with Gasteiger partial charge in [0, 0.05) is 32.6 Å². The van der Waals surface area contributed by atoms with E-state index in [0.717, 1.165) is 52.2 Å². The Labute approximate surface area is 126 Å². The summed E-state index contributed by atoms with van der Waals surface area (Å²) in [5.74, 6) is 0.592. The van der Waals surface area contributed by atoms with Crippen molar-refractivity contribution in [2.75, 3.05) is 39.4 Å². The molecule has 1 N–H and O–H groups in total. The molecule has 21 heavy (non-hydrogen) atoms. The minimum atomic E-state index is 0.185. The van der Waals surface area contributed by atoms with E-state index in [-0.39, 0.29) is 5.91 Å². The monoisotopic (exact) mass is 288 g/mol. The van der Waals surface area contributed by atoms with Gasteiger partial charge in [0.1, 0.15) is 0 Å². The van der Waals surface area contributed by atoms with Gasteiger partial charge in [-0.1, -0.05) is 24.3 Å². The zero-order valence-electron chi connectivity index (χ0n) is 12.5. The highest BCUT2D eigenvalue weighted by molar-refractivity contribution is 5.77. The minimum absolute atomic E-state index is 0.185. The molecule has 1 aliphatic heterocycles. The van der Waals surface area contributed by atoms with Crippen LogP contribution in [0.3, 0.4) is 0 Å². The molecule has 1 saturated heterocycles. The molecule has 1 aromatic rings. The highest BCUT2D eigenvalue weighted by atomic mass is 16.5. The number of carbonyl (C=O) groups excluding carboxylic acids is 1. The average Bonchev–Trinajstić information content (AvgIpc) is 2.92. The van der Waals surface area contributed by atoms with Crippen LogP contribution in [0.1, 0.15) is 29.9 Å². The predicted molar refractivity (Wildman–Crippen MR) is 82.4 cm³/mol. The molecule has 0 aromatic heterocycles. The summed E-state index contributed by atoms with van der Waals surface area (Å²) in [6.45, 7) is 5.25. The van der Waals surface area contributed by atoms with E-state index in [0.29, 0.717) is 12.3 Å². The van der Waals surface area contributed by atoms with Crippen LogP contribution >= 0.6 is 0 Å². The normalized spacial score (nSPS) is 22.0. The molecule has 0 saturated carbocycles. The van der Waals surface area contributed by atoms with Crippen molar-refractivity contribution in [3.8, 4) is 0 Å². The lowest BCUT2D eigenvalue weighted by Crippen LogP contribution is -2.41. The Balaban J connectivity index is 1.40. The number of amides is 1. The summed E-state index contributed by atoms with van der Waals surface area (Å²) >= 11 is 0. The number of aryl methyl sites for hydroxylation is 1. The maximum atomic E-state index is 12.1. The first kappa shape index (κ1) is 14.5. The van der Waals surface area contributed by atoms with E-state index >= 15 is 0 Å². The number of hydrogen-bond acceptors (Lipinski definition) is 3. The second-order valence-corrected chi connectivity index (χ2v) is 5.94. The smallest absolute Gasteiger partial charge is 0.220 e. The minimum Gasteiger partial charge on any atom is -0.379 e. The van der Waals surface area contributed by atoms with Gasteiger partial charge in [0.15, 0.2) is 0 Å². The Bertz CT molecular complexity index is 483. The summed E-state index contributed by atoms with van der Waals surface area (Å²) in [7, 11) is 0. The average molecular weight is 288 g/mol. The van der Waals surface area contributed by atoms with Crippen LogP contribution in [0, 0.1) is 0 Å². The highest BCUT2D eigenvalue weighted by Crippen LogP contribution is 2.34. The molecule has 1 atom stereocenters.